The fourth-order valence-corrected chi connectivity index (χ4v) is 1.76. The van der Waals surface area contributed by atoms with Crippen molar-refractivity contribution >= 4 is 11.8 Å². The predicted molar refractivity (Wildman–Crippen MR) is 84.1 cm³/mol. The fraction of sp³-hybridized carbons (Fsp3) is 0.375. The Morgan fingerprint density at radius 3 is 2.59 bits per heavy atom. The highest BCUT2D eigenvalue weighted by Gasteiger charge is 2.08. The van der Waals surface area contributed by atoms with E-state index in [1.165, 1.54) is 6.92 Å². The Kier molecular flexibility index (Phi) is 7.53. The summed E-state index contributed by atoms with van der Waals surface area (Å²) in [6.45, 7) is 5.75. The number of methoxy groups -OCH3 is 1. The van der Waals surface area contributed by atoms with E-state index >= 15 is 0 Å². The van der Waals surface area contributed by atoms with Gasteiger partial charge in [0.2, 0.25) is 5.91 Å². The van der Waals surface area contributed by atoms with Crippen molar-refractivity contribution in [3.63, 3.8) is 0 Å². The van der Waals surface area contributed by atoms with Crippen LogP contribution in [0.1, 0.15) is 12.5 Å². The summed E-state index contributed by atoms with van der Waals surface area (Å²) in [5.74, 6) is 0.690. The molecule has 1 aromatic carbocycles. The summed E-state index contributed by atoms with van der Waals surface area (Å²) >= 11 is 0. The van der Waals surface area contributed by atoms with Crippen LogP contribution in [-0.2, 0) is 16.0 Å². The zero-order valence-electron chi connectivity index (χ0n) is 13.0. The second-order valence-electron chi connectivity index (χ2n) is 4.60. The van der Waals surface area contributed by atoms with Gasteiger partial charge in [0.15, 0.2) is 18.1 Å². The molecule has 0 saturated carbocycles. The van der Waals surface area contributed by atoms with Crippen LogP contribution in [0.5, 0.6) is 11.5 Å². The van der Waals surface area contributed by atoms with Crippen LogP contribution in [0.2, 0.25) is 0 Å². The minimum Gasteiger partial charge on any atom is -0.493 e. The van der Waals surface area contributed by atoms with Crippen LogP contribution < -0.4 is 20.1 Å². The number of allylic oxidation sites excluding steroid dienone is 1. The molecule has 2 N–H and O–H groups in total. The normalized spacial score (nSPS) is 9.73. The lowest BCUT2D eigenvalue weighted by atomic mass is 10.1. The molecule has 22 heavy (non-hydrogen) atoms. The second-order valence-corrected chi connectivity index (χ2v) is 4.60. The first kappa shape index (κ1) is 17.6. The van der Waals surface area contributed by atoms with Gasteiger partial charge < -0.3 is 20.1 Å². The molecule has 0 bridgehead atoms. The molecule has 0 heterocycles. The second kappa shape index (κ2) is 9.44. The third-order valence-electron chi connectivity index (χ3n) is 2.79. The molecule has 0 radical (unpaired) electrons. The lowest BCUT2D eigenvalue weighted by molar-refractivity contribution is -0.123. The van der Waals surface area contributed by atoms with E-state index in [0.29, 0.717) is 24.6 Å². The van der Waals surface area contributed by atoms with E-state index in [-0.39, 0.29) is 18.4 Å². The van der Waals surface area contributed by atoms with Crippen molar-refractivity contribution < 1.29 is 19.1 Å². The van der Waals surface area contributed by atoms with E-state index < -0.39 is 0 Å². The number of nitrogens with one attached hydrogen (secondary N) is 2. The number of hydrogen-bond acceptors (Lipinski definition) is 4. The molecule has 0 atom stereocenters. The summed E-state index contributed by atoms with van der Waals surface area (Å²) in [6.07, 6.45) is 2.54. The van der Waals surface area contributed by atoms with Gasteiger partial charge in [-0.05, 0) is 24.1 Å². The van der Waals surface area contributed by atoms with Crippen molar-refractivity contribution in [2.75, 3.05) is 26.8 Å². The fourth-order valence-electron chi connectivity index (χ4n) is 1.76. The predicted octanol–water partition coefficient (Wildman–Crippen LogP) is 1.05. The molecule has 2 amide bonds. The lowest BCUT2D eigenvalue weighted by Gasteiger charge is -2.12. The quantitative estimate of drug-likeness (QED) is 0.528. The van der Waals surface area contributed by atoms with Gasteiger partial charge in [-0.15, -0.1) is 6.58 Å². The number of hydrogen-bond donors (Lipinski definition) is 2. The van der Waals surface area contributed by atoms with E-state index in [0.717, 1.165) is 12.0 Å². The zero-order valence-corrected chi connectivity index (χ0v) is 13.0. The first-order valence-electron chi connectivity index (χ1n) is 6.98. The standard InChI is InChI=1S/C16H22N2O4/c1-4-5-13-6-7-14(15(10-13)21-3)22-11-16(20)18-9-8-17-12(2)19/h4,6-7,10H,1,5,8-9,11H2,2-3H3,(H,17,19)(H,18,20). The molecular formula is C16H22N2O4. The third kappa shape index (κ3) is 6.30. The van der Waals surface area contributed by atoms with E-state index in [1.807, 2.05) is 12.1 Å². The molecule has 120 valence electrons. The van der Waals surface area contributed by atoms with Gasteiger partial charge in [-0.25, -0.2) is 0 Å². The minimum absolute atomic E-state index is 0.114. The molecule has 0 fully saturated rings. The van der Waals surface area contributed by atoms with Gasteiger partial charge in [0.05, 0.1) is 7.11 Å². The van der Waals surface area contributed by atoms with Crippen molar-refractivity contribution in [2.24, 2.45) is 0 Å². The molecule has 6 nitrogen and oxygen atoms in total. The summed E-state index contributed by atoms with van der Waals surface area (Å²) in [5, 5.41) is 5.23. The largest absolute Gasteiger partial charge is 0.493 e. The van der Waals surface area contributed by atoms with Crippen LogP contribution in [0.4, 0.5) is 0 Å². The van der Waals surface area contributed by atoms with Gasteiger partial charge in [-0.1, -0.05) is 12.1 Å². The number of carbonyl (C=O) groups excluding carboxylic acids is 2. The van der Waals surface area contributed by atoms with Crippen molar-refractivity contribution in [1.29, 1.82) is 0 Å². The summed E-state index contributed by atoms with van der Waals surface area (Å²) in [6, 6.07) is 5.52. The van der Waals surface area contributed by atoms with Gasteiger partial charge in [0.25, 0.3) is 5.91 Å². The Labute approximate surface area is 130 Å². The van der Waals surface area contributed by atoms with Gasteiger partial charge in [0.1, 0.15) is 0 Å². The monoisotopic (exact) mass is 306 g/mol. The molecule has 0 aliphatic heterocycles. The van der Waals surface area contributed by atoms with Crippen LogP contribution in [0, 0.1) is 0 Å². The SMILES string of the molecule is C=CCc1ccc(OCC(=O)NCCNC(C)=O)c(OC)c1. The third-order valence-corrected chi connectivity index (χ3v) is 2.79. The van der Waals surface area contributed by atoms with Gasteiger partial charge in [-0.3, -0.25) is 9.59 Å². The van der Waals surface area contributed by atoms with Crippen LogP contribution in [0.25, 0.3) is 0 Å². The maximum absolute atomic E-state index is 11.6. The Bertz CT molecular complexity index is 529. The summed E-state index contributed by atoms with van der Waals surface area (Å²) in [5.41, 5.74) is 1.05. The van der Waals surface area contributed by atoms with Gasteiger partial charge >= 0.3 is 0 Å². The Morgan fingerprint density at radius 1 is 1.23 bits per heavy atom. The summed E-state index contributed by atoms with van der Waals surface area (Å²) in [4.78, 5) is 22.3. The van der Waals surface area contributed by atoms with Crippen LogP contribution in [0.15, 0.2) is 30.9 Å². The summed E-state index contributed by atoms with van der Waals surface area (Å²) < 4.78 is 10.7. The highest BCUT2D eigenvalue weighted by Crippen LogP contribution is 2.28. The smallest absolute Gasteiger partial charge is 0.258 e. The van der Waals surface area contributed by atoms with E-state index in [1.54, 1.807) is 19.3 Å². The number of rotatable bonds is 9. The first-order chi connectivity index (χ1) is 10.6. The molecule has 0 aromatic heterocycles. The van der Waals surface area contributed by atoms with Crippen LogP contribution in [-0.4, -0.2) is 38.6 Å². The maximum Gasteiger partial charge on any atom is 0.258 e. The van der Waals surface area contributed by atoms with Crippen molar-refractivity contribution in [3.05, 3.63) is 36.4 Å². The zero-order chi connectivity index (χ0) is 16.4. The molecule has 6 heteroatoms. The summed E-state index contributed by atoms with van der Waals surface area (Å²) in [7, 11) is 1.55. The highest BCUT2D eigenvalue weighted by atomic mass is 16.5. The Morgan fingerprint density at radius 2 is 1.95 bits per heavy atom. The molecule has 1 rings (SSSR count). The number of carbonyl (C=O) groups is 2. The first-order valence-corrected chi connectivity index (χ1v) is 6.98. The van der Waals surface area contributed by atoms with Crippen molar-refractivity contribution in [3.8, 4) is 11.5 Å². The highest BCUT2D eigenvalue weighted by molar-refractivity contribution is 5.77. The average molecular weight is 306 g/mol. The number of ether oxygens (including phenoxy) is 2. The lowest BCUT2D eigenvalue weighted by Crippen LogP contribution is -2.36. The Hall–Kier alpha value is -2.50. The van der Waals surface area contributed by atoms with E-state index in [4.69, 9.17) is 9.47 Å². The van der Waals surface area contributed by atoms with Crippen molar-refractivity contribution in [2.45, 2.75) is 13.3 Å². The van der Waals surface area contributed by atoms with Crippen molar-refractivity contribution in [1.82, 2.24) is 10.6 Å². The van der Waals surface area contributed by atoms with E-state index in [9.17, 15) is 9.59 Å². The average Bonchev–Trinajstić information content (AvgIpc) is 2.50. The maximum atomic E-state index is 11.6. The number of amides is 2. The molecule has 0 spiro atoms. The van der Waals surface area contributed by atoms with E-state index in [2.05, 4.69) is 17.2 Å². The molecule has 0 aliphatic carbocycles. The molecule has 1 aromatic rings. The Balaban J connectivity index is 2.44. The number of benzene rings is 1. The van der Waals surface area contributed by atoms with Gasteiger partial charge in [-0.2, -0.15) is 0 Å². The molecule has 0 unspecified atom stereocenters. The van der Waals surface area contributed by atoms with Crippen LogP contribution >= 0.6 is 0 Å². The molecule has 0 aliphatic rings. The topological polar surface area (TPSA) is 76.7 Å². The molecule has 0 saturated heterocycles. The van der Waals surface area contributed by atoms with Crippen LogP contribution in [0.3, 0.4) is 0 Å². The molecular weight excluding hydrogens is 284 g/mol. The van der Waals surface area contributed by atoms with Gasteiger partial charge in [0, 0.05) is 20.0 Å². The minimum atomic E-state index is -0.262.